The van der Waals surface area contributed by atoms with Crippen molar-refractivity contribution in [2.24, 2.45) is 0 Å². The molecule has 0 amide bonds. The Bertz CT molecular complexity index is 1870. The Kier molecular flexibility index (Phi) is 53.3. The highest BCUT2D eigenvalue weighted by Crippen LogP contribution is 2.14. The molecule has 1 atom stereocenters. The number of aliphatic hydroxyl groups excluding tert-OH is 2. The summed E-state index contributed by atoms with van der Waals surface area (Å²) in [6, 6.07) is 36.4. The average Bonchev–Trinajstić information content (AvgIpc) is 3.48. The molecule has 0 spiro atoms. The third kappa shape index (κ3) is 49.3. The number of ether oxygens (including phenoxy) is 11. The first kappa shape index (κ1) is 74.0. The fraction of sp³-hybridized carbons (Fsp3) is 0.607. The van der Waals surface area contributed by atoms with Crippen molar-refractivity contribution in [2.75, 3.05) is 130 Å². The minimum absolute atomic E-state index is 0.0359. The van der Waals surface area contributed by atoms with Gasteiger partial charge in [-0.05, 0) is 111 Å². The molecule has 3 N–H and O–H groups in total. The molecule has 16 nitrogen and oxygen atoms in total. The molecule has 0 aliphatic carbocycles. The van der Waals surface area contributed by atoms with Crippen molar-refractivity contribution in [3.8, 4) is 0 Å². The van der Waals surface area contributed by atoms with Crippen molar-refractivity contribution >= 4 is 32.7 Å². The largest absolute Gasteiger partial charge is 0.400 e. The lowest BCUT2D eigenvalue weighted by atomic mass is 10.2. The highest BCUT2D eigenvalue weighted by Gasteiger charge is 2.13. The summed E-state index contributed by atoms with van der Waals surface area (Å²) in [4.78, 5) is -0.0666. The van der Waals surface area contributed by atoms with Gasteiger partial charge in [0.25, 0.3) is 10.1 Å². The van der Waals surface area contributed by atoms with Crippen LogP contribution < -0.4 is 0 Å². The number of benzene rings is 4. The smallest absolute Gasteiger partial charge is 0.294 e. The molecule has 1 saturated heterocycles. The average molecular weight is 1250 g/mol. The van der Waals surface area contributed by atoms with Crippen molar-refractivity contribution < 1.29 is 75.3 Å². The molecule has 1 aliphatic rings. The van der Waals surface area contributed by atoms with E-state index in [1.807, 2.05) is 73.7 Å². The molecule has 0 aromatic heterocycles. The van der Waals surface area contributed by atoms with E-state index >= 15 is 0 Å². The van der Waals surface area contributed by atoms with Crippen molar-refractivity contribution in [3.05, 3.63) is 138 Å². The van der Waals surface area contributed by atoms with Gasteiger partial charge in [0, 0.05) is 46.8 Å². The van der Waals surface area contributed by atoms with Crippen LogP contribution in [0.3, 0.4) is 0 Å². The van der Waals surface area contributed by atoms with Crippen LogP contribution in [0.15, 0.2) is 120 Å². The molecule has 1 heterocycles. The Morgan fingerprint density at radius 1 is 0.456 bits per heavy atom. The van der Waals surface area contributed by atoms with E-state index in [2.05, 4.69) is 46.9 Å². The lowest BCUT2D eigenvalue weighted by molar-refractivity contribution is -0.162. The normalized spacial score (nSPS) is 12.9. The predicted octanol–water partition coefficient (Wildman–Crippen LogP) is 11.0. The van der Waals surface area contributed by atoms with Crippen LogP contribution in [0, 0.1) is 6.92 Å². The minimum atomic E-state index is -4.02. The lowest BCUT2D eigenvalue weighted by Crippen LogP contribution is -2.22. The summed E-state index contributed by atoms with van der Waals surface area (Å²) in [6.07, 6.45) is 13.3. The van der Waals surface area contributed by atoms with Crippen molar-refractivity contribution in [3.63, 3.8) is 0 Å². The van der Waals surface area contributed by atoms with Crippen molar-refractivity contribution in [2.45, 2.75) is 115 Å². The predicted molar refractivity (Wildman–Crippen MR) is 319 cm³/mol. The second kappa shape index (κ2) is 56.8. The molecule has 4 aromatic rings. The van der Waals surface area contributed by atoms with Gasteiger partial charge in [-0.3, -0.25) is 4.55 Å². The second-order valence-electron chi connectivity index (χ2n) is 17.8. The molecule has 18 heteroatoms. The lowest BCUT2D eigenvalue weighted by Gasteiger charge is -2.22. The van der Waals surface area contributed by atoms with Gasteiger partial charge in [-0.2, -0.15) is 8.42 Å². The molecule has 1 unspecified atom stereocenters. The summed E-state index contributed by atoms with van der Waals surface area (Å²) < 4.78 is 91.5. The number of hydrogen-bond acceptors (Lipinski definition) is 15. The summed E-state index contributed by atoms with van der Waals surface area (Å²) in [5.41, 5.74) is 4.52. The Hall–Kier alpha value is -3.00. The van der Waals surface area contributed by atoms with E-state index < -0.39 is 10.1 Å². The topological polar surface area (TPSA) is 196 Å². The number of halogens is 1. The van der Waals surface area contributed by atoms with Gasteiger partial charge in [0.05, 0.1) is 104 Å². The molecular weight excluding hydrogens is 1150 g/mol. The van der Waals surface area contributed by atoms with E-state index in [0.29, 0.717) is 99.1 Å². The number of aliphatic hydroxyl groups is 2. The van der Waals surface area contributed by atoms with Crippen LogP contribution in [0.2, 0.25) is 0 Å². The zero-order valence-electron chi connectivity index (χ0n) is 47.5. The quantitative estimate of drug-likeness (QED) is 0.0164. The van der Waals surface area contributed by atoms with Gasteiger partial charge < -0.3 is 62.3 Å². The molecule has 1 aliphatic heterocycles. The molecule has 0 radical (unpaired) electrons. The van der Waals surface area contributed by atoms with Crippen LogP contribution in [0.4, 0.5) is 0 Å². The molecule has 1 fully saturated rings. The molecule has 5 rings (SSSR count). The highest BCUT2D eigenvalue weighted by atomic mass is 127. The maximum absolute atomic E-state index is 10.5. The standard InChI is InChI=1S/C21H34O5.C16H25IO3.C16H26O4.C7H8O3S.CH4O/c1-3-9-20(10-4-1)19-24-18-17-23-16-15-22-12-6-2-7-13-25-21-11-5-8-14-26-21;2*17-9-5-2-6-10-18-11-12-19-13-14-20-15-16-7-3-1-4-8-16;1-6-2-4-7(5-3-6)11(8,9)10;1-2/h1,3-4,9-10,21H,2,5-8,11-19H2;1,3-4,7-8H,2,5-6,9-15H2;1,3-4,7-8,17H,2,5-6,9-15H2;2-5H,1H3,(H,8,9,10);2H,1H3. The molecule has 79 heavy (non-hydrogen) atoms. The van der Waals surface area contributed by atoms with Crippen LogP contribution in [-0.4, -0.2) is 160 Å². The Labute approximate surface area is 488 Å². The van der Waals surface area contributed by atoms with Gasteiger partial charge in [-0.15, -0.1) is 0 Å². The first-order valence-electron chi connectivity index (χ1n) is 28.0. The van der Waals surface area contributed by atoms with Crippen LogP contribution in [0.5, 0.6) is 0 Å². The number of rotatable bonds is 42. The van der Waals surface area contributed by atoms with Gasteiger partial charge in [0.15, 0.2) is 6.29 Å². The molecule has 0 bridgehead atoms. The van der Waals surface area contributed by atoms with Gasteiger partial charge in [-0.25, -0.2) is 0 Å². The van der Waals surface area contributed by atoms with Gasteiger partial charge in [0.1, 0.15) is 0 Å². The maximum Gasteiger partial charge on any atom is 0.294 e. The van der Waals surface area contributed by atoms with E-state index in [1.165, 1.54) is 58.9 Å². The zero-order chi connectivity index (χ0) is 57.2. The SMILES string of the molecule is CO.Cc1ccc(S(=O)(=O)O)cc1.ICCCCCOCCOCCOCc1ccccc1.OCCCCCOCCOCCOCc1ccccc1.c1ccc(COCCOCCOCCCCCOC2CCCCO2)cc1. The van der Waals surface area contributed by atoms with E-state index in [9.17, 15) is 8.42 Å². The third-order valence-electron chi connectivity index (χ3n) is 11.1. The van der Waals surface area contributed by atoms with Gasteiger partial charge in [-0.1, -0.05) is 138 Å². The summed E-state index contributed by atoms with van der Waals surface area (Å²) in [6.45, 7) is 15.6. The Balaban J connectivity index is 0.000000538. The molecule has 450 valence electrons. The van der Waals surface area contributed by atoms with E-state index in [4.69, 9.17) is 66.9 Å². The van der Waals surface area contributed by atoms with Crippen LogP contribution >= 0.6 is 22.6 Å². The number of unbranched alkanes of at least 4 members (excludes halogenated alkanes) is 6. The molecule has 4 aromatic carbocycles. The van der Waals surface area contributed by atoms with E-state index in [-0.39, 0.29) is 17.8 Å². The van der Waals surface area contributed by atoms with Gasteiger partial charge in [0.2, 0.25) is 0 Å². The summed E-state index contributed by atoms with van der Waals surface area (Å²) >= 11 is 2.41. The van der Waals surface area contributed by atoms with E-state index in [1.54, 1.807) is 12.1 Å². The van der Waals surface area contributed by atoms with Crippen LogP contribution in [0.1, 0.15) is 99.3 Å². The summed E-state index contributed by atoms with van der Waals surface area (Å²) in [5, 5.41) is 15.6. The Morgan fingerprint density at radius 3 is 1.16 bits per heavy atom. The van der Waals surface area contributed by atoms with Gasteiger partial charge >= 0.3 is 0 Å². The summed E-state index contributed by atoms with van der Waals surface area (Å²) in [5.74, 6) is 0. The number of alkyl halides is 1. The zero-order valence-corrected chi connectivity index (χ0v) is 50.5. The van der Waals surface area contributed by atoms with Crippen LogP contribution in [0.25, 0.3) is 0 Å². The minimum Gasteiger partial charge on any atom is -0.400 e. The number of aryl methyl sites for hydroxylation is 1. The highest BCUT2D eigenvalue weighted by molar-refractivity contribution is 14.1. The summed E-state index contributed by atoms with van der Waals surface area (Å²) in [7, 11) is -3.02. The van der Waals surface area contributed by atoms with E-state index in [0.717, 1.165) is 97.1 Å². The van der Waals surface area contributed by atoms with Crippen LogP contribution in [-0.2, 0) is 82.0 Å². The number of hydrogen-bond donors (Lipinski definition) is 3. The fourth-order valence-corrected chi connectivity index (χ4v) is 7.85. The van der Waals surface area contributed by atoms with Crippen molar-refractivity contribution in [1.82, 2.24) is 0 Å². The molecule has 0 saturated carbocycles. The van der Waals surface area contributed by atoms with Crippen molar-refractivity contribution in [1.29, 1.82) is 0 Å². The third-order valence-corrected chi connectivity index (χ3v) is 12.8. The second-order valence-corrected chi connectivity index (χ2v) is 20.3. The maximum atomic E-state index is 10.5. The molecular formula is C61H97IO16S. The fourth-order valence-electron chi connectivity index (χ4n) is 6.83. The first-order chi connectivity index (χ1) is 38.8. The first-order valence-corrected chi connectivity index (χ1v) is 31.0. The Morgan fingerprint density at radius 2 is 0.810 bits per heavy atom. The monoisotopic (exact) mass is 1240 g/mol.